The highest BCUT2D eigenvalue weighted by Gasteiger charge is 2.20. The normalized spacial score (nSPS) is 13.0. The molecule has 1 aromatic heterocycles. The number of amides is 1. The highest BCUT2D eigenvalue weighted by atomic mass is 35.5. The average Bonchev–Trinajstić information content (AvgIpc) is 3.04. The van der Waals surface area contributed by atoms with Gasteiger partial charge < -0.3 is 18.8 Å². The van der Waals surface area contributed by atoms with Crippen molar-refractivity contribution in [3.8, 4) is 11.5 Å². The van der Waals surface area contributed by atoms with E-state index in [0.29, 0.717) is 42.7 Å². The van der Waals surface area contributed by atoms with Gasteiger partial charge in [0.2, 0.25) is 5.91 Å². The summed E-state index contributed by atoms with van der Waals surface area (Å²) in [6.07, 6.45) is 1.57. The van der Waals surface area contributed by atoms with Gasteiger partial charge in [0.25, 0.3) is 0 Å². The Morgan fingerprint density at radius 3 is 2.71 bits per heavy atom. The first-order valence-electron chi connectivity index (χ1n) is 6.56. The van der Waals surface area contributed by atoms with Crippen LogP contribution in [0.15, 0.2) is 41.0 Å². The number of benzene rings is 1. The Morgan fingerprint density at radius 1 is 1.19 bits per heavy atom. The lowest BCUT2D eigenvalue weighted by Crippen LogP contribution is -2.31. The SMILES string of the molecule is O=C(CCl)N(Cc1ccco1)c1ccc2c(c1)OCCO2. The molecule has 0 radical (unpaired) electrons. The van der Waals surface area contributed by atoms with Crippen LogP contribution in [-0.2, 0) is 11.3 Å². The van der Waals surface area contributed by atoms with Crippen LogP contribution in [0.25, 0.3) is 0 Å². The summed E-state index contributed by atoms with van der Waals surface area (Å²) in [6, 6.07) is 8.97. The third-order valence-electron chi connectivity index (χ3n) is 3.15. The lowest BCUT2D eigenvalue weighted by molar-refractivity contribution is -0.116. The van der Waals surface area contributed by atoms with Crippen LogP contribution in [-0.4, -0.2) is 25.0 Å². The van der Waals surface area contributed by atoms with Crippen molar-refractivity contribution in [3.63, 3.8) is 0 Å². The maximum Gasteiger partial charge on any atom is 0.242 e. The van der Waals surface area contributed by atoms with Crippen molar-refractivity contribution in [2.45, 2.75) is 6.54 Å². The monoisotopic (exact) mass is 307 g/mol. The maximum absolute atomic E-state index is 12.1. The molecular formula is C15H14ClNO4. The predicted octanol–water partition coefficient (Wildman–Crippen LogP) is 2.82. The number of halogens is 1. The third kappa shape index (κ3) is 2.97. The molecule has 0 spiro atoms. The molecular weight excluding hydrogens is 294 g/mol. The number of hydrogen-bond donors (Lipinski definition) is 0. The number of anilines is 1. The van der Waals surface area contributed by atoms with Crippen molar-refractivity contribution in [3.05, 3.63) is 42.4 Å². The van der Waals surface area contributed by atoms with Crippen molar-refractivity contribution in [2.75, 3.05) is 24.0 Å². The van der Waals surface area contributed by atoms with Crippen molar-refractivity contribution < 1.29 is 18.7 Å². The number of carbonyl (C=O) groups is 1. The lowest BCUT2D eigenvalue weighted by Gasteiger charge is -2.24. The first-order chi connectivity index (χ1) is 10.3. The highest BCUT2D eigenvalue weighted by molar-refractivity contribution is 6.29. The van der Waals surface area contributed by atoms with Gasteiger partial charge in [-0.25, -0.2) is 0 Å². The van der Waals surface area contributed by atoms with Gasteiger partial charge >= 0.3 is 0 Å². The summed E-state index contributed by atoms with van der Waals surface area (Å²) in [6.45, 7) is 1.35. The Hall–Kier alpha value is -2.14. The summed E-state index contributed by atoms with van der Waals surface area (Å²) < 4.78 is 16.3. The topological polar surface area (TPSA) is 51.9 Å². The molecule has 0 N–H and O–H groups in total. The van der Waals surface area contributed by atoms with Gasteiger partial charge in [0.15, 0.2) is 11.5 Å². The Labute approximate surface area is 127 Å². The second-order valence-corrected chi connectivity index (χ2v) is 4.79. The predicted molar refractivity (Wildman–Crippen MR) is 78.1 cm³/mol. The summed E-state index contributed by atoms with van der Waals surface area (Å²) in [5, 5.41) is 0. The van der Waals surface area contributed by atoms with Crippen LogP contribution < -0.4 is 14.4 Å². The molecule has 110 valence electrons. The van der Waals surface area contributed by atoms with Crippen LogP contribution >= 0.6 is 11.6 Å². The fraction of sp³-hybridized carbons (Fsp3) is 0.267. The zero-order valence-electron chi connectivity index (χ0n) is 11.3. The minimum atomic E-state index is -0.204. The van der Waals surface area contributed by atoms with E-state index in [0.717, 1.165) is 0 Å². The van der Waals surface area contributed by atoms with Crippen molar-refractivity contribution >= 4 is 23.2 Å². The van der Waals surface area contributed by atoms with Gasteiger partial charge in [0, 0.05) is 11.8 Å². The van der Waals surface area contributed by atoms with E-state index in [1.807, 2.05) is 6.07 Å². The summed E-state index contributed by atoms with van der Waals surface area (Å²) in [5.41, 5.74) is 0.696. The minimum Gasteiger partial charge on any atom is -0.486 e. The zero-order chi connectivity index (χ0) is 14.7. The molecule has 0 atom stereocenters. The molecule has 2 aromatic rings. The van der Waals surface area contributed by atoms with Gasteiger partial charge in [0.1, 0.15) is 24.9 Å². The highest BCUT2D eigenvalue weighted by Crippen LogP contribution is 2.34. The van der Waals surface area contributed by atoms with Gasteiger partial charge in [0.05, 0.1) is 12.8 Å². The summed E-state index contributed by atoms with van der Waals surface area (Å²) in [7, 11) is 0. The van der Waals surface area contributed by atoms with E-state index in [2.05, 4.69) is 0 Å². The maximum atomic E-state index is 12.1. The molecule has 1 amide bonds. The number of rotatable bonds is 4. The van der Waals surface area contributed by atoms with E-state index in [1.54, 1.807) is 35.4 Å². The lowest BCUT2D eigenvalue weighted by atomic mass is 10.2. The van der Waals surface area contributed by atoms with Gasteiger partial charge in [-0.05, 0) is 24.3 Å². The number of alkyl halides is 1. The molecule has 0 aliphatic carbocycles. The van der Waals surface area contributed by atoms with Crippen molar-refractivity contribution in [1.29, 1.82) is 0 Å². The first kappa shape index (κ1) is 13.8. The van der Waals surface area contributed by atoms with E-state index in [-0.39, 0.29) is 11.8 Å². The van der Waals surface area contributed by atoms with E-state index in [1.165, 1.54) is 0 Å². The largest absolute Gasteiger partial charge is 0.486 e. The van der Waals surface area contributed by atoms with Crippen LogP contribution in [0.2, 0.25) is 0 Å². The second-order valence-electron chi connectivity index (χ2n) is 4.52. The quantitative estimate of drug-likeness (QED) is 0.815. The third-order valence-corrected chi connectivity index (χ3v) is 3.38. The van der Waals surface area contributed by atoms with Crippen LogP contribution in [0.1, 0.15) is 5.76 Å². The Balaban J connectivity index is 1.90. The van der Waals surface area contributed by atoms with E-state index >= 15 is 0 Å². The molecule has 1 aromatic carbocycles. The average molecular weight is 308 g/mol. The molecule has 0 unspecified atom stereocenters. The van der Waals surface area contributed by atoms with Crippen LogP contribution in [0.4, 0.5) is 5.69 Å². The Kier molecular flexibility index (Phi) is 4.01. The van der Waals surface area contributed by atoms with Crippen LogP contribution in [0.5, 0.6) is 11.5 Å². The Bertz CT molecular complexity index is 627. The van der Waals surface area contributed by atoms with Crippen LogP contribution in [0, 0.1) is 0 Å². The van der Waals surface area contributed by atoms with E-state index < -0.39 is 0 Å². The van der Waals surface area contributed by atoms with Gasteiger partial charge in [-0.15, -0.1) is 11.6 Å². The van der Waals surface area contributed by atoms with Gasteiger partial charge in [-0.1, -0.05) is 0 Å². The number of carbonyl (C=O) groups excluding carboxylic acids is 1. The molecule has 1 aliphatic rings. The molecule has 21 heavy (non-hydrogen) atoms. The first-order valence-corrected chi connectivity index (χ1v) is 7.10. The second kappa shape index (κ2) is 6.10. The Morgan fingerprint density at radius 2 is 2.00 bits per heavy atom. The number of furan rings is 1. The van der Waals surface area contributed by atoms with Crippen LogP contribution in [0.3, 0.4) is 0 Å². The number of fused-ring (bicyclic) bond motifs is 1. The summed E-state index contributed by atoms with van der Waals surface area (Å²) in [4.78, 5) is 13.6. The molecule has 5 nitrogen and oxygen atoms in total. The number of ether oxygens (including phenoxy) is 2. The smallest absolute Gasteiger partial charge is 0.242 e. The summed E-state index contributed by atoms with van der Waals surface area (Å²) in [5.74, 6) is 1.69. The standard InChI is InChI=1S/C15H14ClNO4/c16-9-15(18)17(10-12-2-1-5-19-12)11-3-4-13-14(8-11)21-7-6-20-13/h1-5,8H,6-7,9-10H2. The van der Waals surface area contributed by atoms with Gasteiger partial charge in [-0.3, -0.25) is 4.79 Å². The number of hydrogen-bond acceptors (Lipinski definition) is 4. The summed E-state index contributed by atoms with van der Waals surface area (Å²) >= 11 is 5.70. The minimum absolute atomic E-state index is 0.102. The molecule has 0 bridgehead atoms. The molecule has 1 aliphatic heterocycles. The molecule has 3 rings (SSSR count). The molecule has 6 heteroatoms. The fourth-order valence-electron chi connectivity index (χ4n) is 2.15. The van der Waals surface area contributed by atoms with Gasteiger partial charge in [-0.2, -0.15) is 0 Å². The van der Waals surface area contributed by atoms with Crippen molar-refractivity contribution in [2.24, 2.45) is 0 Å². The molecule has 0 saturated carbocycles. The van der Waals surface area contributed by atoms with E-state index in [9.17, 15) is 4.79 Å². The van der Waals surface area contributed by atoms with Crippen molar-refractivity contribution in [1.82, 2.24) is 0 Å². The molecule has 2 heterocycles. The fourth-order valence-corrected chi connectivity index (χ4v) is 2.30. The molecule has 0 saturated heterocycles. The molecule has 0 fully saturated rings. The van der Waals surface area contributed by atoms with E-state index in [4.69, 9.17) is 25.5 Å². The number of nitrogens with zero attached hydrogens (tertiary/aromatic N) is 1. The zero-order valence-corrected chi connectivity index (χ0v) is 12.0.